The number of fused-ring (bicyclic) bond motifs is 12. The van der Waals surface area contributed by atoms with Crippen LogP contribution in [0.2, 0.25) is 0 Å². The van der Waals surface area contributed by atoms with Gasteiger partial charge in [0.25, 0.3) is 0 Å². The van der Waals surface area contributed by atoms with E-state index in [0.717, 1.165) is 60.7 Å². The third-order valence-corrected chi connectivity index (χ3v) is 13.0. The zero-order valence-electron chi connectivity index (χ0n) is 31.4. The van der Waals surface area contributed by atoms with Crippen molar-refractivity contribution in [2.75, 3.05) is 0 Å². The SMILES string of the molecule is c1ccc(-c2nc(-c3cccc4oc5ccccc5c34)nc(-c3cc(-n4c5ccccc5c5cc6ccccc6cc54)cc4sc5c6ccccc6ccc5c34)n2)cc1. The van der Waals surface area contributed by atoms with E-state index in [0.29, 0.717) is 17.5 Å². The standard InChI is InChI=1S/C53H30N4OS/c1-2-14-32(15-3-1)51-54-52(40-21-12-24-46-48(40)38-20-9-11-23-45(38)58-46)56-53(55-51)42-29-35(30-47-49(42)39-26-25-31-13-6-7-18-36(31)50(39)59-47)57-43-22-10-8-19-37(43)41-27-33-16-4-5-17-34(33)28-44(41)57/h1-30H. The summed E-state index contributed by atoms with van der Waals surface area (Å²) in [7, 11) is 0. The molecule has 13 rings (SSSR count). The second-order valence-corrected chi connectivity index (χ2v) is 16.2. The van der Waals surface area contributed by atoms with Crippen LogP contribution in [-0.4, -0.2) is 19.5 Å². The van der Waals surface area contributed by atoms with Crippen molar-refractivity contribution in [2.45, 2.75) is 0 Å². The van der Waals surface area contributed by atoms with Crippen LogP contribution in [-0.2, 0) is 0 Å². The molecule has 5 nitrogen and oxygen atoms in total. The summed E-state index contributed by atoms with van der Waals surface area (Å²) in [5.74, 6) is 1.82. The smallest absolute Gasteiger partial charge is 0.164 e. The van der Waals surface area contributed by atoms with Gasteiger partial charge < -0.3 is 8.98 Å². The Labute approximate surface area is 341 Å². The quantitative estimate of drug-likeness (QED) is 0.179. The summed E-state index contributed by atoms with van der Waals surface area (Å²) in [6.45, 7) is 0. The van der Waals surface area contributed by atoms with Gasteiger partial charge in [-0.3, -0.25) is 0 Å². The van der Waals surface area contributed by atoms with Crippen molar-refractivity contribution in [3.05, 3.63) is 182 Å². The van der Waals surface area contributed by atoms with E-state index >= 15 is 0 Å². The first-order chi connectivity index (χ1) is 29.2. The van der Waals surface area contributed by atoms with Crippen molar-refractivity contribution >= 4 is 96.8 Å². The molecule has 0 N–H and O–H groups in total. The number of rotatable bonds is 4. The molecule has 0 unspecified atom stereocenters. The summed E-state index contributed by atoms with van der Waals surface area (Å²) in [6, 6.07) is 64.4. The second-order valence-electron chi connectivity index (χ2n) is 15.2. The number of para-hydroxylation sites is 2. The van der Waals surface area contributed by atoms with Gasteiger partial charge in [-0.25, -0.2) is 15.0 Å². The Morgan fingerprint density at radius 3 is 1.95 bits per heavy atom. The Hall–Kier alpha value is -7.67. The lowest BCUT2D eigenvalue weighted by atomic mass is 10.0. The van der Waals surface area contributed by atoms with Gasteiger partial charge >= 0.3 is 0 Å². The van der Waals surface area contributed by atoms with Crippen molar-refractivity contribution in [3.8, 4) is 39.9 Å². The highest BCUT2D eigenvalue weighted by molar-refractivity contribution is 7.26. The highest BCUT2D eigenvalue weighted by atomic mass is 32.1. The fourth-order valence-corrected chi connectivity index (χ4v) is 10.4. The van der Waals surface area contributed by atoms with E-state index in [2.05, 4.69) is 138 Å². The lowest BCUT2D eigenvalue weighted by molar-refractivity contribution is 0.669. The molecule has 9 aromatic carbocycles. The normalized spacial score (nSPS) is 12.1. The number of hydrogen-bond acceptors (Lipinski definition) is 5. The van der Waals surface area contributed by atoms with Crippen LogP contribution in [0.5, 0.6) is 0 Å². The Bertz CT molecular complexity index is 3860. The lowest BCUT2D eigenvalue weighted by Gasteiger charge is -2.14. The average Bonchev–Trinajstić information content (AvgIpc) is 3.97. The van der Waals surface area contributed by atoms with Crippen LogP contribution in [0, 0.1) is 0 Å². The molecule has 0 amide bonds. The summed E-state index contributed by atoms with van der Waals surface area (Å²) >= 11 is 1.83. The van der Waals surface area contributed by atoms with Crippen LogP contribution in [0.15, 0.2) is 186 Å². The third-order valence-electron chi connectivity index (χ3n) is 11.8. The van der Waals surface area contributed by atoms with Gasteiger partial charge in [-0.15, -0.1) is 11.3 Å². The molecular formula is C53H30N4OS. The van der Waals surface area contributed by atoms with Crippen LogP contribution < -0.4 is 0 Å². The molecule has 0 aliphatic heterocycles. The van der Waals surface area contributed by atoms with Crippen LogP contribution in [0.1, 0.15) is 0 Å². The van der Waals surface area contributed by atoms with Gasteiger partial charge in [0.2, 0.25) is 0 Å². The predicted octanol–water partition coefficient (Wildman–Crippen LogP) is 14.5. The Morgan fingerprint density at radius 2 is 1.08 bits per heavy atom. The molecule has 274 valence electrons. The molecule has 59 heavy (non-hydrogen) atoms. The zero-order chi connectivity index (χ0) is 38.6. The van der Waals surface area contributed by atoms with E-state index in [4.69, 9.17) is 19.4 Å². The van der Waals surface area contributed by atoms with Crippen molar-refractivity contribution < 1.29 is 4.42 Å². The number of thiophene rings is 1. The highest BCUT2D eigenvalue weighted by Gasteiger charge is 2.23. The van der Waals surface area contributed by atoms with Gasteiger partial charge in [-0.2, -0.15) is 0 Å². The van der Waals surface area contributed by atoms with E-state index in [1.54, 1.807) is 0 Å². The zero-order valence-corrected chi connectivity index (χ0v) is 32.2. The molecule has 6 heteroatoms. The summed E-state index contributed by atoms with van der Waals surface area (Å²) in [5.41, 5.74) is 7.76. The fraction of sp³-hybridized carbons (Fsp3) is 0. The number of furan rings is 1. The molecule has 0 bridgehead atoms. The molecule has 0 radical (unpaired) electrons. The molecular weight excluding hydrogens is 741 g/mol. The van der Waals surface area contributed by atoms with E-state index < -0.39 is 0 Å². The number of nitrogens with zero attached hydrogens (tertiary/aromatic N) is 4. The van der Waals surface area contributed by atoms with E-state index in [1.807, 2.05) is 59.9 Å². The Morgan fingerprint density at radius 1 is 0.407 bits per heavy atom. The Balaban J connectivity index is 1.17. The van der Waals surface area contributed by atoms with Crippen LogP contribution >= 0.6 is 11.3 Å². The first-order valence-corrected chi connectivity index (χ1v) is 20.6. The maximum absolute atomic E-state index is 6.36. The van der Waals surface area contributed by atoms with Gasteiger partial charge in [-0.1, -0.05) is 140 Å². The minimum absolute atomic E-state index is 0.595. The highest BCUT2D eigenvalue weighted by Crippen LogP contribution is 2.46. The van der Waals surface area contributed by atoms with E-state index in [1.165, 1.54) is 47.1 Å². The third kappa shape index (κ3) is 4.87. The number of aromatic nitrogens is 4. The number of benzene rings is 9. The summed E-state index contributed by atoms with van der Waals surface area (Å²) in [4.78, 5) is 16.0. The molecule has 0 spiro atoms. The maximum atomic E-state index is 6.36. The van der Waals surface area contributed by atoms with Crippen LogP contribution in [0.25, 0.3) is 125 Å². The van der Waals surface area contributed by atoms with E-state index in [9.17, 15) is 0 Å². The molecule has 4 heterocycles. The molecule has 0 atom stereocenters. The van der Waals surface area contributed by atoms with Crippen molar-refractivity contribution in [3.63, 3.8) is 0 Å². The predicted molar refractivity (Wildman–Crippen MR) is 246 cm³/mol. The monoisotopic (exact) mass is 770 g/mol. The molecule has 0 fully saturated rings. The maximum Gasteiger partial charge on any atom is 0.164 e. The second kappa shape index (κ2) is 12.4. The minimum Gasteiger partial charge on any atom is -0.456 e. The molecule has 0 aliphatic rings. The molecule has 0 saturated heterocycles. The Kier molecular flexibility index (Phi) is 6.82. The molecule has 4 aromatic heterocycles. The van der Waals surface area contributed by atoms with Gasteiger partial charge in [0.05, 0.1) is 11.0 Å². The molecule has 0 saturated carbocycles. The summed E-state index contributed by atoms with van der Waals surface area (Å²) in [6.07, 6.45) is 0. The van der Waals surface area contributed by atoms with Crippen LogP contribution in [0.3, 0.4) is 0 Å². The van der Waals surface area contributed by atoms with Crippen molar-refractivity contribution in [1.82, 2.24) is 19.5 Å². The first kappa shape index (κ1) is 32.4. The van der Waals surface area contributed by atoms with Gasteiger partial charge in [0.1, 0.15) is 11.2 Å². The van der Waals surface area contributed by atoms with E-state index in [-0.39, 0.29) is 0 Å². The summed E-state index contributed by atoms with van der Waals surface area (Å²) < 4.78 is 11.2. The van der Waals surface area contributed by atoms with Gasteiger partial charge in [0.15, 0.2) is 17.5 Å². The fourth-order valence-electron chi connectivity index (χ4n) is 9.15. The molecule has 0 aliphatic carbocycles. The van der Waals surface area contributed by atoms with Crippen molar-refractivity contribution in [1.29, 1.82) is 0 Å². The topological polar surface area (TPSA) is 56.7 Å². The lowest BCUT2D eigenvalue weighted by Crippen LogP contribution is -2.02. The minimum atomic E-state index is 0.595. The number of hydrogen-bond donors (Lipinski definition) is 0. The summed E-state index contributed by atoms with van der Waals surface area (Å²) in [5, 5.41) is 11.7. The van der Waals surface area contributed by atoms with Crippen LogP contribution in [0.4, 0.5) is 0 Å². The average molecular weight is 771 g/mol. The van der Waals surface area contributed by atoms with Crippen molar-refractivity contribution in [2.24, 2.45) is 0 Å². The van der Waals surface area contributed by atoms with Gasteiger partial charge in [0, 0.05) is 64.1 Å². The van der Waals surface area contributed by atoms with Gasteiger partial charge in [-0.05, 0) is 64.0 Å². The largest absolute Gasteiger partial charge is 0.456 e. The molecule has 13 aromatic rings. The first-order valence-electron chi connectivity index (χ1n) is 19.8.